The molecular formula is C4H12O3. The summed E-state index contributed by atoms with van der Waals surface area (Å²) >= 11 is 0. The van der Waals surface area contributed by atoms with Crippen LogP contribution >= 0.6 is 0 Å². The minimum Gasteiger partial charge on any atom is -0.412 e. The maximum atomic E-state index is 9.44. The van der Waals surface area contributed by atoms with E-state index in [1.807, 2.05) is 0 Å². The van der Waals surface area contributed by atoms with Crippen LogP contribution in [0.25, 0.3) is 0 Å². The third-order valence-corrected chi connectivity index (χ3v) is 0. The highest BCUT2D eigenvalue weighted by atomic mass is 16.2. The van der Waals surface area contributed by atoms with Crippen LogP contribution < -0.4 is 0 Å². The number of hydrogen-bond acceptors (Lipinski definition) is 2. The van der Waals surface area contributed by atoms with Gasteiger partial charge in [-0.1, -0.05) is 0 Å². The van der Waals surface area contributed by atoms with E-state index in [4.69, 9.17) is 5.11 Å². The molecule has 0 aliphatic carbocycles. The second-order valence-corrected chi connectivity index (χ2v) is 0.908. The van der Waals surface area contributed by atoms with E-state index in [1.54, 1.807) is 0 Å². The van der Waals surface area contributed by atoms with Crippen molar-refractivity contribution in [2.45, 2.75) is 13.8 Å². The Morgan fingerprint density at radius 1 is 1.29 bits per heavy atom. The van der Waals surface area contributed by atoms with Crippen LogP contribution in [-0.2, 0) is 4.79 Å². The molecule has 0 atom stereocenters. The third kappa shape index (κ3) is 429. The van der Waals surface area contributed by atoms with Crippen LogP contribution in [0.2, 0.25) is 0 Å². The molecule has 3 nitrogen and oxygen atoms in total. The summed E-state index contributed by atoms with van der Waals surface area (Å²) in [7, 11) is 1.00. The minimum absolute atomic E-state index is 0. The van der Waals surface area contributed by atoms with Gasteiger partial charge in [-0.15, -0.1) is 0 Å². The zero-order chi connectivity index (χ0) is 5.58. The Kier molecular flexibility index (Phi) is 40.1. The number of Topliss-reactive ketones (excluding diaryl/α,β-unsaturated/α-hetero) is 1. The average molecular weight is 108 g/mol. The van der Waals surface area contributed by atoms with Crippen molar-refractivity contribution in [3.63, 3.8) is 0 Å². The number of aliphatic hydroxyl groups is 1. The van der Waals surface area contributed by atoms with Crippen LogP contribution in [-0.4, -0.2) is 23.5 Å². The molecule has 0 heterocycles. The molecule has 0 aliphatic heterocycles. The Hall–Kier alpha value is -0.410. The topological polar surface area (TPSA) is 68.8 Å². The number of carbonyl (C=O) groups excluding carboxylic acids is 1. The van der Waals surface area contributed by atoms with Gasteiger partial charge in [-0.25, -0.2) is 0 Å². The van der Waals surface area contributed by atoms with Gasteiger partial charge in [0, 0.05) is 7.11 Å². The van der Waals surface area contributed by atoms with Crippen molar-refractivity contribution in [2.24, 2.45) is 0 Å². The monoisotopic (exact) mass is 108 g/mol. The standard InChI is InChI=1S/C3H6O.CH4O.H2O/c1-3(2)4;1-2;/h1-2H3;2H,1H3;1H2. The van der Waals surface area contributed by atoms with E-state index in [9.17, 15) is 4.79 Å². The van der Waals surface area contributed by atoms with Crippen molar-refractivity contribution in [2.75, 3.05) is 7.11 Å². The van der Waals surface area contributed by atoms with E-state index in [1.165, 1.54) is 13.8 Å². The van der Waals surface area contributed by atoms with Gasteiger partial charge in [0.15, 0.2) is 0 Å². The smallest absolute Gasteiger partial charge is 0.126 e. The second kappa shape index (κ2) is 17.6. The Morgan fingerprint density at radius 3 is 1.29 bits per heavy atom. The maximum Gasteiger partial charge on any atom is 0.126 e. The third-order valence-electron chi connectivity index (χ3n) is 0. The van der Waals surface area contributed by atoms with Gasteiger partial charge in [0.05, 0.1) is 0 Å². The number of aliphatic hydroxyl groups excluding tert-OH is 1. The highest BCUT2D eigenvalue weighted by Crippen LogP contribution is 1.50. The van der Waals surface area contributed by atoms with E-state index in [-0.39, 0.29) is 11.3 Å². The summed E-state index contributed by atoms with van der Waals surface area (Å²) in [5.41, 5.74) is 0. The first-order valence-corrected chi connectivity index (χ1v) is 1.65. The van der Waals surface area contributed by atoms with Gasteiger partial charge in [-0.2, -0.15) is 0 Å². The predicted octanol–water partition coefficient (Wildman–Crippen LogP) is -0.621. The van der Waals surface area contributed by atoms with Crippen LogP contribution in [0.3, 0.4) is 0 Å². The van der Waals surface area contributed by atoms with Gasteiger partial charge < -0.3 is 15.4 Å². The molecule has 0 amide bonds. The first-order chi connectivity index (χ1) is 2.73. The van der Waals surface area contributed by atoms with E-state index >= 15 is 0 Å². The van der Waals surface area contributed by atoms with E-state index in [2.05, 4.69) is 0 Å². The number of hydrogen-bond donors (Lipinski definition) is 1. The van der Waals surface area contributed by atoms with E-state index in [0.717, 1.165) is 7.11 Å². The van der Waals surface area contributed by atoms with Crippen LogP contribution in [0, 0.1) is 0 Å². The van der Waals surface area contributed by atoms with Crippen molar-refractivity contribution in [3.8, 4) is 0 Å². The van der Waals surface area contributed by atoms with Gasteiger partial charge in [-0.05, 0) is 13.8 Å². The summed E-state index contributed by atoms with van der Waals surface area (Å²) in [5.74, 6) is 0.167. The van der Waals surface area contributed by atoms with E-state index < -0.39 is 0 Å². The Labute approximate surface area is 43.3 Å². The molecule has 0 rings (SSSR count). The van der Waals surface area contributed by atoms with Gasteiger partial charge in [0.25, 0.3) is 0 Å². The summed E-state index contributed by atoms with van der Waals surface area (Å²) < 4.78 is 0. The molecule has 3 N–H and O–H groups in total. The molecule has 0 radical (unpaired) electrons. The molecule has 0 fully saturated rings. The van der Waals surface area contributed by atoms with Crippen molar-refractivity contribution in [1.29, 1.82) is 0 Å². The molecule has 0 saturated carbocycles. The van der Waals surface area contributed by atoms with Gasteiger partial charge in [-0.3, -0.25) is 0 Å². The number of ketones is 1. The maximum absolute atomic E-state index is 9.44. The molecule has 0 aromatic rings. The fourth-order valence-electron chi connectivity index (χ4n) is 0. The lowest BCUT2D eigenvalue weighted by molar-refractivity contribution is -0.114. The lowest BCUT2D eigenvalue weighted by Gasteiger charge is -1.56. The Morgan fingerprint density at radius 2 is 1.29 bits per heavy atom. The molecule has 0 saturated heterocycles. The quantitative estimate of drug-likeness (QED) is 0.449. The molecule has 7 heavy (non-hydrogen) atoms. The van der Waals surface area contributed by atoms with Crippen molar-refractivity contribution in [3.05, 3.63) is 0 Å². The average Bonchev–Trinajstić information content (AvgIpc) is 1.41. The van der Waals surface area contributed by atoms with Crippen LogP contribution in [0.15, 0.2) is 0 Å². The summed E-state index contributed by atoms with van der Waals surface area (Å²) in [6.45, 7) is 3.06. The molecule has 3 heteroatoms. The highest BCUT2D eigenvalue weighted by Gasteiger charge is 1.62. The first-order valence-electron chi connectivity index (χ1n) is 1.65. The molecule has 0 aromatic heterocycles. The van der Waals surface area contributed by atoms with Gasteiger partial charge in [0.2, 0.25) is 0 Å². The minimum atomic E-state index is 0. The Balaban J connectivity index is -0.0000000480. The zero-order valence-corrected chi connectivity index (χ0v) is 4.86. The van der Waals surface area contributed by atoms with Crippen LogP contribution in [0.4, 0.5) is 0 Å². The fourth-order valence-corrected chi connectivity index (χ4v) is 0. The lowest BCUT2D eigenvalue weighted by atomic mass is 10.6. The summed E-state index contributed by atoms with van der Waals surface area (Å²) in [5, 5.41) is 7.00. The summed E-state index contributed by atoms with van der Waals surface area (Å²) in [6.07, 6.45) is 0. The summed E-state index contributed by atoms with van der Waals surface area (Å²) in [6, 6.07) is 0. The molecule has 0 unspecified atom stereocenters. The van der Waals surface area contributed by atoms with Crippen LogP contribution in [0.1, 0.15) is 13.8 Å². The zero-order valence-electron chi connectivity index (χ0n) is 4.86. The Bertz CT molecular complexity index is 29.9. The summed E-state index contributed by atoms with van der Waals surface area (Å²) in [4.78, 5) is 9.44. The van der Waals surface area contributed by atoms with Gasteiger partial charge >= 0.3 is 0 Å². The number of rotatable bonds is 0. The largest absolute Gasteiger partial charge is 0.412 e. The molecule has 46 valence electrons. The molecule has 0 spiro atoms. The molecule has 0 aliphatic rings. The van der Waals surface area contributed by atoms with E-state index in [0.29, 0.717) is 0 Å². The molecule has 0 bridgehead atoms. The van der Waals surface area contributed by atoms with Crippen LogP contribution in [0.5, 0.6) is 0 Å². The highest BCUT2D eigenvalue weighted by molar-refractivity contribution is 5.72. The van der Waals surface area contributed by atoms with Crippen molar-refractivity contribution in [1.82, 2.24) is 0 Å². The lowest BCUT2D eigenvalue weighted by Crippen LogP contribution is -1.69. The normalized spacial score (nSPS) is 4.57. The predicted molar refractivity (Wildman–Crippen MR) is 28.1 cm³/mol. The fraction of sp³-hybridized carbons (Fsp3) is 0.750. The molecular weight excluding hydrogens is 96.0 g/mol. The SMILES string of the molecule is CC(C)=O.CO.O. The van der Waals surface area contributed by atoms with Crippen molar-refractivity contribution < 1.29 is 15.4 Å². The van der Waals surface area contributed by atoms with Gasteiger partial charge in [0.1, 0.15) is 5.78 Å². The number of carbonyl (C=O) groups is 1. The first kappa shape index (κ1) is 16.0. The molecule has 0 aromatic carbocycles. The second-order valence-electron chi connectivity index (χ2n) is 0.908. The van der Waals surface area contributed by atoms with Crippen molar-refractivity contribution >= 4 is 5.78 Å².